The van der Waals surface area contributed by atoms with Gasteiger partial charge in [0.1, 0.15) is 5.75 Å². The number of aromatic hydroxyl groups is 1. The van der Waals surface area contributed by atoms with Gasteiger partial charge in [0.05, 0.1) is 12.1 Å². The summed E-state index contributed by atoms with van der Waals surface area (Å²) in [5, 5.41) is 21.5. The predicted octanol–water partition coefficient (Wildman–Crippen LogP) is 2.99. The Labute approximate surface area is 154 Å². The maximum atomic E-state index is 12.1. The molecule has 2 aromatic rings. The van der Waals surface area contributed by atoms with Gasteiger partial charge < -0.3 is 25.0 Å². The first kappa shape index (κ1) is 17.9. The van der Waals surface area contributed by atoms with Crippen molar-refractivity contribution in [1.82, 2.24) is 0 Å². The number of hydrogen-bond donors (Lipinski definition) is 3. The van der Waals surface area contributed by atoms with E-state index < -0.39 is 12.6 Å². The third kappa shape index (κ3) is 3.52. The Morgan fingerprint density at radius 1 is 1.35 bits per heavy atom. The number of phenols is 1. The lowest BCUT2D eigenvalue weighted by atomic mass is 9.84. The van der Waals surface area contributed by atoms with Crippen molar-refractivity contribution in [1.29, 1.82) is 0 Å². The largest absolute Gasteiger partial charge is 0.503 e. The van der Waals surface area contributed by atoms with Crippen molar-refractivity contribution in [3.05, 3.63) is 46.5 Å². The number of ether oxygens (including phenoxy) is 2. The molecule has 7 nitrogen and oxygen atoms in total. The summed E-state index contributed by atoms with van der Waals surface area (Å²) in [5.41, 5.74) is 2.09. The van der Waals surface area contributed by atoms with Gasteiger partial charge in [0.15, 0.2) is 18.1 Å². The summed E-state index contributed by atoms with van der Waals surface area (Å²) in [7, 11) is 1.42. The highest BCUT2D eigenvalue weighted by Gasteiger charge is 2.28. The standard InChI is InChI=1S/C18H16ClNO6/c1-25-15-5-9(4-13(19)18(15)24)12-7-16(21)20-14-6-10(2-3-11(12)14)26-8-17(22)23/h2-6,12,24H,7-8H2,1H3,(H,20,21)(H,22,23)/t12-/m1/s1. The van der Waals surface area contributed by atoms with Crippen LogP contribution in [0.4, 0.5) is 5.69 Å². The van der Waals surface area contributed by atoms with Gasteiger partial charge in [-0.1, -0.05) is 17.7 Å². The molecule has 0 saturated carbocycles. The van der Waals surface area contributed by atoms with E-state index in [4.69, 9.17) is 26.2 Å². The Morgan fingerprint density at radius 2 is 2.12 bits per heavy atom. The fourth-order valence-electron chi connectivity index (χ4n) is 2.93. The molecule has 1 atom stereocenters. The zero-order valence-corrected chi connectivity index (χ0v) is 14.5. The van der Waals surface area contributed by atoms with Crippen molar-refractivity contribution in [2.45, 2.75) is 12.3 Å². The molecular weight excluding hydrogens is 362 g/mol. The number of nitrogens with one attached hydrogen (secondary N) is 1. The number of methoxy groups -OCH3 is 1. The van der Waals surface area contributed by atoms with E-state index in [-0.39, 0.29) is 34.8 Å². The van der Waals surface area contributed by atoms with Gasteiger partial charge in [-0.3, -0.25) is 4.79 Å². The Bertz CT molecular complexity index is 882. The number of aliphatic carboxylic acids is 1. The lowest BCUT2D eigenvalue weighted by Crippen LogP contribution is -2.23. The number of carboxylic acid groups (broad SMARTS) is 1. The van der Waals surface area contributed by atoms with Crippen molar-refractivity contribution in [2.75, 3.05) is 19.0 Å². The Morgan fingerprint density at radius 3 is 2.81 bits per heavy atom. The highest BCUT2D eigenvalue weighted by atomic mass is 35.5. The molecule has 2 aromatic carbocycles. The summed E-state index contributed by atoms with van der Waals surface area (Å²) >= 11 is 6.07. The third-order valence-corrected chi connectivity index (χ3v) is 4.39. The summed E-state index contributed by atoms with van der Waals surface area (Å²) in [4.78, 5) is 22.8. The van der Waals surface area contributed by atoms with Crippen molar-refractivity contribution in [3.63, 3.8) is 0 Å². The maximum absolute atomic E-state index is 12.1. The summed E-state index contributed by atoms with van der Waals surface area (Å²) in [6.07, 6.45) is 0.201. The Hall–Kier alpha value is -2.93. The van der Waals surface area contributed by atoms with Gasteiger partial charge in [0, 0.05) is 24.1 Å². The van der Waals surface area contributed by atoms with Crippen molar-refractivity contribution in [3.8, 4) is 17.2 Å². The molecule has 0 radical (unpaired) electrons. The average Bonchev–Trinajstić information content (AvgIpc) is 2.61. The highest BCUT2D eigenvalue weighted by Crippen LogP contribution is 2.43. The molecule has 0 aromatic heterocycles. The van der Waals surface area contributed by atoms with Crippen LogP contribution >= 0.6 is 11.6 Å². The van der Waals surface area contributed by atoms with Crippen LogP contribution < -0.4 is 14.8 Å². The number of amides is 1. The first-order valence-corrected chi connectivity index (χ1v) is 8.11. The van der Waals surface area contributed by atoms with Gasteiger partial charge in [-0.05, 0) is 29.3 Å². The fourth-order valence-corrected chi connectivity index (χ4v) is 3.15. The second-order valence-electron chi connectivity index (χ2n) is 5.79. The van der Waals surface area contributed by atoms with Crippen LogP contribution in [0.5, 0.6) is 17.2 Å². The van der Waals surface area contributed by atoms with Crippen LogP contribution in [-0.4, -0.2) is 35.8 Å². The quantitative estimate of drug-likeness (QED) is 0.739. The number of anilines is 1. The summed E-state index contributed by atoms with van der Waals surface area (Å²) in [6, 6.07) is 8.24. The molecule has 26 heavy (non-hydrogen) atoms. The van der Waals surface area contributed by atoms with E-state index >= 15 is 0 Å². The number of carboxylic acids is 1. The van der Waals surface area contributed by atoms with Crippen molar-refractivity contribution < 1.29 is 29.3 Å². The molecule has 1 heterocycles. The minimum atomic E-state index is -1.09. The van der Waals surface area contributed by atoms with Crippen LogP contribution in [0.15, 0.2) is 30.3 Å². The lowest BCUT2D eigenvalue weighted by Gasteiger charge is -2.27. The molecule has 3 rings (SSSR count). The lowest BCUT2D eigenvalue weighted by molar-refractivity contribution is -0.139. The molecule has 3 N–H and O–H groups in total. The molecule has 0 saturated heterocycles. The zero-order chi connectivity index (χ0) is 18.8. The Balaban J connectivity index is 2.00. The van der Waals surface area contributed by atoms with E-state index in [0.717, 1.165) is 11.1 Å². The van der Waals surface area contributed by atoms with Crippen LogP contribution in [0, 0.1) is 0 Å². The number of phenolic OH excluding ortho intramolecular Hbond substituents is 1. The van der Waals surface area contributed by atoms with Gasteiger partial charge >= 0.3 is 5.97 Å². The molecule has 1 aliphatic heterocycles. The molecule has 0 bridgehead atoms. The molecular formula is C18H16ClNO6. The molecule has 0 aliphatic carbocycles. The van der Waals surface area contributed by atoms with Crippen LogP contribution in [0.1, 0.15) is 23.5 Å². The molecule has 0 spiro atoms. The van der Waals surface area contributed by atoms with E-state index in [1.807, 2.05) is 0 Å². The van der Waals surface area contributed by atoms with Gasteiger partial charge in [-0.25, -0.2) is 4.79 Å². The molecule has 136 valence electrons. The molecule has 0 fully saturated rings. The van der Waals surface area contributed by atoms with Crippen molar-refractivity contribution >= 4 is 29.2 Å². The second-order valence-corrected chi connectivity index (χ2v) is 6.20. The van der Waals surface area contributed by atoms with E-state index in [2.05, 4.69) is 5.32 Å². The Kier molecular flexibility index (Phi) is 4.90. The third-order valence-electron chi connectivity index (χ3n) is 4.10. The van der Waals surface area contributed by atoms with Crippen LogP contribution in [0.3, 0.4) is 0 Å². The van der Waals surface area contributed by atoms with E-state index in [1.165, 1.54) is 7.11 Å². The smallest absolute Gasteiger partial charge is 0.341 e. The maximum Gasteiger partial charge on any atom is 0.341 e. The number of carbonyl (C=O) groups is 2. The number of rotatable bonds is 5. The van der Waals surface area contributed by atoms with Gasteiger partial charge in [-0.2, -0.15) is 0 Å². The van der Waals surface area contributed by atoms with Gasteiger partial charge in [0.25, 0.3) is 0 Å². The topological polar surface area (TPSA) is 105 Å². The highest BCUT2D eigenvalue weighted by molar-refractivity contribution is 6.32. The SMILES string of the molecule is COc1cc([C@H]2CC(=O)Nc3cc(OCC(=O)O)ccc32)cc(Cl)c1O. The van der Waals surface area contributed by atoms with E-state index in [9.17, 15) is 14.7 Å². The normalized spacial score (nSPS) is 15.8. The molecule has 1 amide bonds. The first-order chi connectivity index (χ1) is 12.4. The zero-order valence-electron chi connectivity index (χ0n) is 13.8. The monoisotopic (exact) mass is 377 g/mol. The van der Waals surface area contributed by atoms with Crippen LogP contribution in [0.2, 0.25) is 5.02 Å². The van der Waals surface area contributed by atoms with Gasteiger partial charge in [-0.15, -0.1) is 0 Å². The first-order valence-electron chi connectivity index (χ1n) is 7.74. The van der Waals surface area contributed by atoms with Crippen LogP contribution in [0.25, 0.3) is 0 Å². The van der Waals surface area contributed by atoms with Gasteiger partial charge in [0.2, 0.25) is 5.91 Å². The van der Waals surface area contributed by atoms with E-state index in [0.29, 0.717) is 11.4 Å². The predicted molar refractivity (Wildman–Crippen MR) is 94.3 cm³/mol. The summed E-state index contributed by atoms with van der Waals surface area (Å²) < 4.78 is 10.3. The summed E-state index contributed by atoms with van der Waals surface area (Å²) in [5.74, 6) is -1.17. The minimum absolute atomic E-state index is 0.133. The number of hydrogen-bond acceptors (Lipinski definition) is 5. The minimum Gasteiger partial charge on any atom is -0.503 e. The van der Waals surface area contributed by atoms with E-state index in [1.54, 1.807) is 30.3 Å². The molecule has 8 heteroatoms. The average molecular weight is 378 g/mol. The number of carbonyl (C=O) groups excluding carboxylic acids is 1. The second kappa shape index (κ2) is 7.13. The van der Waals surface area contributed by atoms with Crippen molar-refractivity contribution in [2.24, 2.45) is 0 Å². The van der Waals surface area contributed by atoms with Crippen LogP contribution in [-0.2, 0) is 9.59 Å². The number of halogens is 1. The number of benzene rings is 2. The number of fused-ring (bicyclic) bond motifs is 1. The fraction of sp³-hybridized carbons (Fsp3) is 0.222. The molecule has 1 aliphatic rings. The molecule has 0 unspecified atom stereocenters. The summed E-state index contributed by atoms with van der Waals surface area (Å²) in [6.45, 7) is -0.471.